The largest absolute Gasteiger partial charge is 0.340 e. The molecular weight excluding hydrogens is 303 g/mol. The van der Waals surface area contributed by atoms with Crippen LogP contribution in [0.5, 0.6) is 0 Å². The second kappa shape index (κ2) is 8.00. The molecule has 0 fully saturated rings. The average molecular weight is 321 g/mol. The molecule has 1 aromatic carbocycles. The lowest BCUT2D eigenvalue weighted by atomic mass is 10.1. The second-order valence-electron chi connectivity index (χ2n) is 4.32. The fourth-order valence-electron chi connectivity index (χ4n) is 1.63. The Kier molecular flexibility index (Phi) is 7.00. The number of rotatable bonds is 6. The van der Waals surface area contributed by atoms with Crippen LogP contribution in [-0.2, 0) is 11.3 Å². The fraction of sp³-hybridized carbons (Fsp3) is 0.462. The summed E-state index contributed by atoms with van der Waals surface area (Å²) in [4.78, 5) is 13.7. The van der Waals surface area contributed by atoms with Gasteiger partial charge in [0.1, 0.15) is 0 Å². The Morgan fingerprint density at radius 2 is 2.16 bits per heavy atom. The molecule has 2 N–H and O–H groups in total. The van der Waals surface area contributed by atoms with E-state index in [0.29, 0.717) is 23.0 Å². The van der Waals surface area contributed by atoms with Gasteiger partial charge < -0.3 is 10.6 Å². The van der Waals surface area contributed by atoms with Crippen molar-refractivity contribution in [2.24, 2.45) is 5.73 Å². The molecule has 0 aromatic heterocycles. The van der Waals surface area contributed by atoms with Crippen LogP contribution >= 0.6 is 35.0 Å². The molecule has 106 valence electrons. The molecule has 3 nitrogen and oxygen atoms in total. The minimum absolute atomic E-state index is 0.0694. The van der Waals surface area contributed by atoms with E-state index in [-0.39, 0.29) is 5.91 Å². The van der Waals surface area contributed by atoms with Crippen LogP contribution in [0.3, 0.4) is 0 Å². The van der Waals surface area contributed by atoms with Gasteiger partial charge >= 0.3 is 0 Å². The molecule has 0 radical (unpaired) electrons. The van der Waals surface area contributed by atoms with Crippen LogP contribution in [-0.4, -0.2) is 35.9 Å². The van der Waals surface area contributed by atoms with E-state index in [1.807, 2.05) is 12.3 Å². The highest BCUT2D eigenvalue weighted by molar-refractivity contribution is 7.98. The van der Waals surface area contributed by atoms with Crippen LogP contribution in [0.25, 0.3) is 0 Å². The molecule has 0 saturated carbocycles. The molecule has 19 heavy (non-hydrogen) atoms. The molecule has 0 spiro atoms. The van der Waals surface area contributed by atoms with Gasteiger partial charge in [-0.2, -0.15) is 11.8 Å². The topological polar surface area (TPSA) is 46.3 Å². The van der Waals surface area contributed by atoms with Crippen molar-refractivity contribution in [2.75, 3.05) is 19.1 Å². The molecule has 0 heterocycles. The lowest BCUT2D eigenvalue weighted by Crippen LogP contribution is -2.41. The summed E-state index contributed by atoms with van der Waals surface area (Å²) >= 11 is 13.6. The number of hydrogen-bond acceptors (Lipinski definition) is 3. The Balaban J connectivity index is 2.63. The maximum atomic E-state index is 12.1. The van der Waals surface area contributed by atoms with Gasteiger partial charge in [-0.1, -0.05) is 29.3 Å². The van der Waals surface area contributed by atoms with Crippen molar-refractivity contribution in [1.82, 2.24) is 4.90 Å². The summed E-state index contributed by atoms with van der Waals surface area (Å²) in [6, 6.07) is 4.80. The molecule has 6 heteroatoms. The third-order valence-corrected chi connectivity index (χ3v) is 3.98. The van der Waals surface area contributed by atoms with Crippen molar-refractivity contribution in [3.63, 3.8) is 0 Å². The SMILES string of the molecule is CSCC[C@@H](N)C(=O)N(C)Cc1ccc(Cl)cc1Cl. The monoisotopic (exact) mass is 320 g/mol. The van der Waals surface area contributed by atoms with Crippen LogP contribution in [0.15, 0.2) is 18.2 Å². The molecule has 1 aromatic rings. The van der Waals surface area contributed by atoms with E-state index in [0.717, 1.165) is 11.3 Å². The zero-order valence-corrected chi connectivity index (χ0v) is 13.4. The van der Waals surface area contributed by atoms with E-state index in [9.17, 15) is 4.79 Å². The minimum Gasteiger partial charge on any atom is -0.340 e. The van der Waals surface area contributed by atoms with Crippen molar-refractivity contribution in [3.8, 4) is 0 Å². The van der Waals surface area contributed by atoms with E-state index >= 15 is 0 Å². The van der Waals surface area contributed by atoms with Gasteiger partial charge in [0.25, 0.3) is 0 Å². The van der Waals surface area contributed by atoms with Crippen molar-refractivity contribution < 1.29 is 4.79 Å². The van der Waals surface area contributed by atoms with Gasteiger partial charge in [-0.05, 0) is 36.1 Å². The number of hydrogen-bond donors (Lipinski definition) is 1. The Bertz CT molecular complexity index is 443. The normalized spacial score (nSPS) is 12.3. The first-order chi connectivity index (χ1) is 8.95. The molecule has 0 saturated heterocycles. The lowest BCUT2D eigenvalue weighted by Gasteiger charge is -2.21. The number of halogens is 2. The quantitative estimate of drug-likeness (QED) is 0.876. The highest BCUT2D eigenvalue weighted by Gasteiger charge is 2.18. The van der Waals surface area contributed by atoms with Crippen molar-refractivity contribution in [3.05, 3.63) is 33.8 Å². The summed E-state index contributed by atoms with van der Waals surface area (Å²) in [5.41, 5.74) is 6.72. The number of nitrogens with zero attached hydrogens (tertiary/aromatic N) is 1. The number of carbonyl (C=O) groups is 1. The van der Waals surface area contributed by atoms with Crippen LogP contribution in [0, 0.1) is 0 Å². The van der Waals surface area contributed by atoms with Gasteiger partial charge in [0.05, 0.1) is 6.04 Å². The van der Waals surface area contributed by atoms with E-state index < -0.39 is 6.04 Å². The standard InChI is InChI=1S/C13H18Cl2N2OS/c1-17(13(18)12(16)5-6-19-2)8-9-3-4-10(14)7-11(9)15/h3-4,7,12H,5-6,8,16H2,1-2H3/t12-/m1/s1. The van der Waals surface area contributed by atoms with Gasteiger partial charge in [-0.25, -0.2) is 0 Å². The number of benzene rings is 1. The summed E-state index contributed by atoms with van der Waals surface area (Å²) in [5, 5.41) is 1.14. The van der Waals surface area contributed by atoms with Gasteiger partial charge in [0.2, 0.25) is 5.91 Å². The smallest absolute Gasteiger partial charge is 0.239 e. The first-order valence-electron chi connectivity index (χ1n) is 5.89. The van der Waals surface area contributed by atoms with Crippen LogP contribution in [0.4, 0.5) is 0 Å². The van der Waals surface area contributed by atoms with Gasteiger partial charge in [0, 0.05) is 23.6 Å². The Morgan fingerprint density at radius 1 is 1.47 bits per heavy atom. The third kappa shape index (κ3) is 5.22. The number of amides is 1. The Morgan fingerprint density at radius 3 is 2.74 bits per heavy atom. The van der Waals surface area contributed by atoms with Gasteiger partial charge in [-0.15, -0.1) is 0 Å². The maximum absolute atomic E-state index is 12.1. The summed E-state index contributed by atoms with van der Waals surface area (Å²) in [5.74, 6) is 0.808. The van der Waals surface area contributed by atoms with Crippen LogP contribution in [0.1, 0.15) is 12.0 Å². The van der Waals surface area contributed by atoms with E-state index in [1.165, 1.54) is 0 Å². The van der Waals surface area contributed by atoms with Crippen molar-refractivity contribution in [2.45, 2.75) is 19.0 Å². The first-order valence-corrected chi connectivity index (χ1v) is 8.04. The molecule has 0 aliphatic heterocycles. The second-order valence-corrected chi connectivity index (χ2v) is 6.15. The van der Waals surface area contributed by atoms with E-state index in [2.05, 4.69) is 0 Å². The van der Waals surface area contributed by atoms with Crippen LogP contribution < -0.4 is 5.73 Å². The molecular formula is C13H18Cl2N2OS. The molecule has 0 unspecified atom stereocenters. The lowest BCUT2D eigenvalue weighted by molar-refractivity contribution is -0.131. The number of thioether (sulfide) groups is 1. The van der Waals surface area contributed by atoms with Gasteiger partial charge in [0.15, 0.2) is 0 Å². The van der Waals surface area contributed by atoms with E-state index in [1.54, 1.807) is 35.8 Å². The predicted molar refractivity (Wildman–Crippen MR) is 83.9 cm³/mol. The average Bonchev–Trinajstić information content (AvgIpc) is 2.38. The van der Waals surface area contributed by atoms with E-state index in [4.69, 9.17) is 28.9 Å². The zero-order chi connectivity index (χ0) is 14.4. The van der Waals surface area contributed by atoms with Crippen molar-refractivity contribution in [1.29, 1.82) is 0 Å². The fourth-order valence-corrected chi connectivity index (χ4v) is 2.59. The maximum Gasteiger partial charge on any atom is 0.239 e. The number of carbonyl (C=O) groups excluding carboxylic acids is 1. The Hall–Kier alpha value is -0.420. The Labute approximate surface area is 128 Å². The molecule has 1 rings (SSSR count). The van der Waals surface area contributed by atoms with Crippen molar-refractivity contribution >= 4 is 40.9 Å². The molecule has 0 aliphatic rings. The zero-order valence-electron chi connectivity index (χ0n) is 11.0. The number of nitrogens with two attached hydrogens (primary N) is 1. The highest BCUT2D eigenvalue weighted by atomic mass is 35.5. The predicted octanol–water partition coefficient (Wildman–Crippen LogP) is 3.03. The molecule has 1 atom stereocenters. The number of likely N-dealkylation sites (N-methyl/N-ethyl adjacent to an activating group) is 1. The highest BCUT2D eigenvalue weighted by Crippen LogP contribution is 2.22. The minimum atomic E-state index is -0.455. The summed E-state index contributed by atoms with van der Waals surface area (Å²) in [7, 11) is 1.73. The summed E-state index contributed by atoms with van der Waals surface area (Å²) in [6.45, 7) is 0.432. The molecule has 0 bridgehead atoms. The van der Waals surface area contributed by atoms with Crippen LogP contribution in [0.2, 0.25) is 10.0 Å². The van der Waals surface area contributed by atoms with Gasteiger partial charge in [-0.3, -0.25) is 4.79 Å². The first kappa shape index (κ1) is 16.6. The third-order valence-electron chi connectivity index (χ3n) is 2.75. The summed E-state index contributed by atoms with van der Waals surface area (Å²) < 4.78 is 0. The molecule has 0 aliphatic carbocycles. The summed E-state index contributed by atoms with van der Waals surface area (Å²) in [6.07, 6.45) is 2.67. The molecule has 1 amide bonds.